The van der Waals surface area contributed by atoms with Crippen LogP contribution in [0.15, 0.2) is 11.4 Å². The molecule has 0 fully saturated rings. The zero-order chi connectivity index (χ0) is 16.7. The molecule has 0 aliphatic heterocycles. The topological polar surface area (TPSA) is 78.1 Å². The molecular weight excluding hydrogens is 342 g/mol. The third-order valence-corrected chi connectivity index (χ3v) is 6.45. The van der Waals surface area contributed by atoms with Crippen molar-refractivity contribution >= 4 is 44.7 Å². The molecule has 0 unspecified atom stereocenters. The molecule has 7 heteroatoms. The first-order valence-electron chi connectivity index (χ1n) is 7.91. The fourth-order valence-corrected chi connectivity index (χ4v) is 5.18. The number of ether oxygens (including phenoxy) is 1. The maximum atomic E-state index is 12.1. The molecule has 5 nitrogen and oxygen atoms in total. The molecule has 0 aromatic carbocycles. The number of nitrogen functional groups attached to an aromatic ring is 1. The lowest BCUT2D eigenvalue weighted by atomic mass is 9.97. The first-order valence-corrected chi connectivity index (χ1v) is 9.61. The number of aryl methyl sites for hydroxylation is 3. The number of rotatable bonds is 3. The van der Waals surface area contributed by atoms with Crippen molar-refractivity contribution in [2.75, 3.05) is 5.73 Å². The van der Waals surface area contributed by atoms with Gasteiger partial charge in [-0.3, -0.25) is 0 Å². The number of aromatic nitrogens is 2. The highest BCUT2D eigenvalue weighted by Crippen LogP contribution is 2.37. The van der Waals surface area contributed by atoms with E-state index in [-0.39, 0.29) is 12.6 Å². The van der Waals surface area contributed by atoms with Crippen molar-refractivity contribution in [2.45, 2.75) is 39.2 Å². The predicted octanol–water partition coefficient (Wildman–Crippen LogP) is 3.88. The molecule has 0 atom stereocenters. The van der Waals surface area contributed by atoms with Crippen molar-refractivity contribution in [3.05, 3.63) is 38.2 Å². The molecule has 0 spiro atoms. The molecule has 124 valence electrons. The van der Waals surface area contributed by atoms with Gasteiger partial charge in [-0.2, -0.15) is 0 Å². The van der Waals surface area contributed by atoms with E-state index in [1.54, 1.807) is 11.3 Å². The number of carbonyl (C=O) groups is 1. The van der Waals surface area contributed by atoms with Crippen LogP contribution in [0.3, 0.4) is 0 Å². The van der Waals surface area contributed by atoms with Crippen LogP contribution in [-0.4, -0.2) is 15.9 Å². The van der Waals surface area contributed by atoms with Crippen molar-refractivity contribution in [3.63, 3.8) is 0 Å². The third kappa shape index (κ3) is 2.67. The van der Waals surface area contributed by atoms with Gasteiger partial charge in [-0.15, -0.1) is 22.7 Å². The molecule has 0 bridgehead atoms. The summed E-state index contributed by atoms with van der Waals surface area (Å²) in [4.78, 5) is 23.9. The summed E-state index contributed by atoms with van der Waals surface area (Å²) in [5.74, 6) is 0.620. The minimum Gasteiger partial charge on any atom is -0.453 e. The average molecular weight is 359 g/mol. The largest absolute Gasteiger partial charge is 0.453 e. The number of nitrogens with zero attached hydrogens (tertiary/aromatic N) is 2. The van der Waals surface area contributed by atoms with Crippen molar-refractivity contribution in [1.82, 2.24) is 9.97 Å². The first-order chi connectivity index (χ1) is 11.6. The van der Waals surface area contributed by atoms with Gasteiger partial charge in [0, 0.05) is 4.88 Å². The molecule has 0 radical (unpaired) electrons. The maximum absolute atomic E-state index is 12.1. The van der Waals surface area contributed by atoms with Gasteiger partial charge in [0.15, 0.2) is 12.4 Å². The van der Waals surface area contributed by atoms with E-state index < -0.39 is 0 Å². The number of hydrogen-bond donors (Lipinski definition) is 1. The van der Waals surface area contributed by atoms with Crippen LogP contribution in [0.25, 0.3) is 10.2 Å². The fourth-order valence-electron chi connectivity index (χ4n) is 3.07. The summed E-state index contributed by atoms with van der Waals surface area (Å²) in [7, 11) is 0. The Labute approximate surface area is 147 Å². The zero-order valence-corrected chi connectivity index (χ0v) is 14.9. The van der Waals surface area contributed by atoms with E-state index in [9.17, 15) is 4.79 Å². The second kappa shape index (κ2) is 6.14. The molecule has 0 saturated heterocycles. The molecule has 3 aromatic heterocycles. The second-order valence-electron chi connectivity index (χ2n) is 5.92. The Morgan fingerprint density at radius 1 is 1.33 bits per heavy atom. The quantitative estimate of drug-likeness (QED) is 0.718. The first kappa shape index (κ1) is 15.5. The van der Waals surface area contributed by atoms with Crippen LogP contribution < -0.4 is 5.73 Å². The minimum absolute atomic E-state index is 0.0406. The highest BCUT2D eigenvalue weighted by atomic mass is 32.1. The number of carbonyl (C=O) groups excluding carboxylic acids is 1. The van der Waals surface area contributed by atoms with Gasteiger partial charge >= 0.3 is 5.97 Å². The molecule has 1 aliphatic rings. The van der Waals surface area contributed by atoms with E-state index in [2.05, 4.69) is 9.97 Å². The normalized spacial score (nSPS) is 13.9. The fraction of sp³-hybridized carbons (Fsp3) is 0.353. The van der Waals surface area contributed by atoms with E-state index in [0.29, 0.717) is 16.5 Å². The lowest BCUT2D eigenvalue weighted by Gasteiger charge is -2.10. The van der Waals surface area contributed by atoms with E-state index in [1.807, 2.05) is 18.4 Å². The second-order valence-corrected chi connectivity index (χ2v) is 7.92. The maximum Gasteiger partial charge on any atom is 0.349 e. The van der Waals surface area contributed by atoms with Crippen molar-refractivity contribution in [3.8, 4) is 0 Å². The molecular formula is C17H17N3O2S2. The molecule has 0 amide bonds. The van der Waals surface area contributed by atoms with Gasteiger partial charge < -0.3 is 10.5 Å². The number of esters is 1. The molecule has 0 saturated carbocycles. The monoisotopic (exact) mass is 359 g/mol. The van der Waals surface area contributed by atoms with Crippen molar-refractivity contribution in [2.24, 2.45) is 0 Å². The van der Waals surface area contributed by atoms with E-state index in [1.165, 1.54) is 34.6 Å². The van der Waals surface area contributed by atoms with Gasteiger partial charge in [0.1, 0.15) is 15.5 Å². The molecule has 4 rings (SSSR count). The SMILES string of the molecule is Cc1ccsc1C(=O)OCc1nc(N)c2c3c(sc2n1)CCCC3. The Kier molecular flexibility index (Phi) is 3.97. The number of hydrogen-bond acceptors (Lipinski definition) is 7. The van der Waals surface area contributed by atoms with Crippen LogP contribution in [0.5, 0.6) is 0 Å². The predicted molar refractivity (Wildman–Crippen MR) is 96.6 cm³/mol. The summed E-state index contributed by atoms with van der Waals surface area (Å²) in [5.41, 5.74) is 8.41. The summed E-state index contributed by atoms with van der Waals surface area (Å²) in [6.07, 6.45) is 4.56. The minimum atomic E-state index is -0.338. The van der Waals surface area contributed by atoms with E-state index >= 15 is 0 Å². The third-order valence-electron chi connectivity index (χ3n) is 4.27. The van der Waals surface area contributed by atoms with Gasteiger partial charge in [-0.1, -0.05) is 0 Å². The average Bonchev–Trinajstić information content (AvgIpc) is 3.15. The molecule has 3 aromatic rings. The Bertz CT molecular complexity index is 929. The summed E-state index contributed by atoms with van der Waals surface area (Å²) in [5, 5.41) is 2.88. The molecule has 24 heavy (non-hydrogen) atoms. The molecule has 1 aliphatic carbocycles. The zero-order valence-electron chi connectivity index (χ0n) is 13.3. The van der Waals surface area contributed by atoms with Crippen molar-refractivity contribution < 1.29 is 9.53 Å². The highest BCUT2D eigenvalue weighted by Gasteiger charge is 2.20. The van der Waals surface area contributed by atoms with E-state index in [4.69, 9.17) is 10.5 Å². The van der Waals surface area contributed by atoms with Crippen LogP contribution in [0, 0.1) is 6.92 Å². The van der Waals surface area contributed by atoms with Gasteiger partial charge in [0.05, 0.1) is 5.39 Å². The summed E-state index contributed by atoms with van der Waals surface area (Å²) in [6.45, 7) is 1.93. The van der Waals surface area contributed by atoms with Crippen molar-refractivity contribution in [1.29, 1.82) is 0 Å². The van der Waals surface area contributed by atoms with Crippen LogP contribution in [0.4, 0.5) is 5.82 Å². The van der Waals surface area contributed by atoms with Crippen LogP contribution in [0.1, 0.15) is 44.3 Å². The molecule has 2 N–H and O–H groups in total. The summed E-state index contributed by atoms with van der Waals surface area (Å²) in [6, 6.07) is 1.90. The Balaban J connectivity index is 1.59. The summed E-state index contributed by atoms with van der Waals surface area (Å²) >= 11 is 3.07. The number of anilines is 1. The lowest BCUT2D eigenvalue weighted by molar-refractivity contribution is 0.0468. The van der Waals surface area contributed by atoms with Gasteiger partial charge in [0.25, 0.3) is 0 Å². The van der Waals surface area contributed by atoms with Crippen LogP contribution in [-0.2, 0) is 24.2 Å². The van der Waals surface area contributed by atoms with Crippen LogP contribution >= 0.6 is 22.7 Å². The lowest BCUT2D eigenvalue weighted by Crippen LogP contribution is -2.08. The number of fused-ring (bicyclic) bond motifs is 3. The Hall–Kier alpha value is -1.99. The number of nitrogens with two attached hydrogens (primary N) is 1. The van der Waals surface area contributed by atoms with Gasteiger partial charge in [-0.05, 0) is 55.2 Å². The number of thiophene rings is 2. The van der Waals surface area contributed by atoms with E-state index in [0.717, 1.165) is 28.6 Å². The Morgan fingerprint density at radius 2 is 2.17 bits per heavy atom. The van der Waals surface area contributed by atoms with Gasteiger partial charge in [0.2, 0.25) is 0 Å². The van der Waals surface area contributed by atoms with Crippen LogP contribution in [0.2, 0.25) is 0 Å². The summed E-state index contributed by atoms with van der Waals surface area (Å²) < 4.78 is 5.35. The van der Waals surface area contributed by atoms with Gasteiger partial charge in [-0.25, -0.2) is 14.8 Å². The smallest absolute Gasteiger partial charge is 0.349 e. The standard InChI is InChI=1S/C17H17N3O2S2/c1-9-6-7-23-14(9)17(21)22-8-12-19-15(18)13-10-4-2-3-5-11(10)24-16(13)20-12/h6-7H,2-5,8H2,1H3,(H2,18,19,20). The molecule has 3 heterocycles. The Morgan fingerprint density at radius 3 is 2.96 bits per heavy atom. The highest BCUT2D eigenvalue weighted by molar-refractivity contribution is 7.19.